The Kier molecular flexibility index (Phi) is 8.92. The standard InChI is InChI=1S/C14H14O15/c15-5(16)1-2-7(19)28-9(11(21)22)10(12(23)24)29-8(20)4-14(27,13(25)26)3-6(17)18/h1-2,9-10,27H,3-4H2,(H,15,16)(H,17,18)(H,21,22)(H,23,24)(H,25,26)/b2-1-. The molecule has 0 fully saturated rings. The van der Waals surface area contributed by atoms with Crippen LogP contribution >= 0.6 is 0 Å². The maximum Gasteiger partial charge on any atom is 0.349 e. The van der Waals surface area contributed by atoms with Gasteiger partial charge in [-0.25, -0.2) is 24.0 Å². The van der Waals surface area contributed by atoms with Crippen LogP contribution in [0.3, 0.4) is 0 Å². The van der Waals surface area contributed by atoms with Gasteiger partial charge in [0.05, 0.1) is 12.8 Å². The fourth-order valence-electron chi connectivity index (χ4n) is 1.67. The number of aliphatic hydroxyl groups is 1. The third kappa shape index (κ3) is 8.48. The third-order valence-electron chi connectivity index (χ3n) is 2.90. The third-order valence-corrected chi connectivity index (χ3v) is 2.90. The number of carboxylic acids is 5. The van der Waals surface area contributed by atoms with E-state index in [9.17, 15) is 38.7 Å². The molecule has 0 aliphatic heterocycles. The Labute approximate surface area is 159 Å². The molecule has 3 atom stereocenters. The SMILES string of the molecule is O=C(O)/C=C\C(=O)OC(C(=O)O)C(OC(=O)CC(O)(CC(=O)O)C(=O)O)C(=O)O. The van der Waals surface area contributed by atoms with Crippen LogP contribution in [0.2, 0.25) is 0 Å². The number of hydrogen-bond acceptors (Lipinski definition) is 10. The largest absolute Gasteiger partial charge is 0.481 e. The van der Waals surface area contributed by atoms with E-state index >= 15 is 0 Å². The minimum absolute atomic E-state index is 0.231. The summed E-state index contributed by atoms with van der Waals surface area (Å²) >= 11 is 0. The molecule has 0 heterocycles. The molecule has 0 spiro atoms. The number of esters is 2. The number of carboxylic acid groups (broad SMARTS) is 5. The van der Waals surface area contributed by atoms with E-state index in [-0.39, 0.29) is 12.2 Å². The van der Waals surface area contributed by atoms with Crippen LogP contribution in [0.1, 0.15) is 12.8 Å². The molecule has 15 nitrogen and oxygen atoms in total. The molecule has 0 rings (SSSR count). The van der Waals surface area contributed by atoms with Crippen LogP contribution in [0, 0.1) is 0 Å². The molecule has 6 N–H and O–H groups in total. The van der Waals surface area contributed by atoms with Crippen molar-refractivity contribution in [2.24, 2.45) is 0 Å². The Morgan fingerprint density at radius 1 is 0.759 bits per heavy atom. The van der Waals surface area contributed by atoms with Crippen molar-refractivity contribution in [1.29, 1.82) is 0 Å². The molecule has 0 saturated heterocycles. The fourth-order valence-corrected chi connectivity index (χ4v) is 1.67. The van der Waals surface area contributed by atoms with Crippen LogP contribution in [0.15, 0.2) is 12.2 Å². The Morgan fingerprint density at radius 2 is 1.24 bits per heavy atom. The van der Waals surface area contributed by atoms with Crippen LogP contribution < -0.4 is 0 Å². The Morgan fingerprint density at radius 3 is 1.62 bits per heavy atom. The van der Waals surface area contributed by atoms with Crippen molar-refractivity contribution in [3.8, 4) is 0 Å². The van der Waals surface area contributed by atoms with Gasteiger partial charge in [-0.3, -0.25) is 9.59 Å². The molecule has 0 aliphatic carbocycles. The van der Waals surface area contributed by atoms with Crippen LogP contribution in [0.25, 0.3) is 0 Å². The van der Waals surface area contributed by atoms with E-state index < -0.39 is 72.4 Å². The first-order valence-corrected chi connectivity index (χ1v) is 7.14. The normalized spacial score (nSPS) is 14.8. The summed E-state index contributed by atoms with van der Waals surface area (Å²) in [5, 5.41) is 53.5. The Hall–Kier alpha value is -4.01. The van der Waals surface area contributed by atoms with Crippen molar-refractivity contribution >= 4 is 41.8 Å². The van der Waals surface area contributed by atoms with E-state index in [0.29, 0.717) is 0 Å². The Balaban J connectivity index is 5.52. The predicted octanol–water partition coefficient (Wildman–Crippen LogP) is -2.70. The highest BCUT2D eigenvalue weighted by Crippen LogP contribution is 2.19. The molecule has 0 aromatic carbocycles. The Bertz CT molecular complexity index is 750. The highest BCUT2D eigenvalue weighted by Gasteiger charge is 2.45. The molecular weight excluding hydrogens is 408 g/mol. The first kappa shape index (κ1) is 25.0. The van der Waals surface area contributed by atoms with E-state index in [1.165, 1.54) is 0 Å². The lowest BCUT2D eigenvalue weighted by Gasteiger charge is -2.23. The number of rotatable bonds is 12. The average Bonchev–Trinajstić information content (AvgIpc) is 2.54. The zero-order valence-electron chi connectivity index (χ0n) is 14.1. The van der Waals surface area contributed by atoms with Crippen LogP contribution in [-0.2, 0) is 43.0 Å². The highest BCUT2D eigenvalue weighted by atomic mass is 16.6. The number of ether oxygens (including phenoxy) is 2. The van der Waals surface area contributed by atoms with Gasteiger partial charge in [0.25, 0.3) is 0 Å². The minimum Gasteiger partial charge on any atom is -0.481 e. The van der Waals surface area contributed by atoms with Gasteiger partial charge in [-0.05, 0) is 0 Å². The van der Waals surface area contributed by atoms with E-state index in [4.69, 9.17) is 25.5 Å². The molecule has 0 saturated carbocycles. The summed E-state index contributed by atoms with van der Waals surface area (Å²) in [5.74, 6) is -13.4. The van der Waals surface area contributed by atoms with Crippen LogP contribution in [-0.4, -0.2) is 90.2 Å². The number of hydrogen-bond donors (Lipinski definition) is 6. The molecule has 0 amide bonds. The minimum atomic E-state index is -3.20. The van der Waals surface area contributed by atoms with Crippen molar-refractivity contribution in [2.45, 2.75) is 30.7 Å². The van der Waals surface area contributed by atoms with E-state index in [2.05, 4.69) is 9.47 Å². The fraction of sp³-hybridized carbons (Fsp3) is 0.357. The molecule has 15 heteroatoms. The van der Waals surface area contributed by atoms with Gasteiger partial charge in [-0.15, -0.1) is 0 Å². The summed E-state index contributed by atoms with van der Waals surface area (Å²) in [5.41, 5.74) is -3.20. The maximum atomic E-state index is 11.8. The second-order valence-corrected chi connectivity index (χ2v) is 5.20. The lowest BCUT2D eigenvalue weighted by molar-refractivity contribution is -0.189. The van der Waals surface area contributed by atoms with E-state index in [0.717, 1.165) is 0 Å². The molecule has 0 aromatic heterocycles. The quantitative estimate of drug-likeness (QED) is 0.138. The van der Waals surface area contributed by atoms with Gasteiger partial charge in [-0.2, -0.15) is 0 Å². The smallest absolute Gasteiger partial charge is 0.349 e. The van der Waals surface area contributed by atoms with Gasteiger partial charge in [0, 0.05) is 12.2 Å². The number of carbonyl (C=O) groups is 7. The average molecular weight is 422 g/mol. The first-order chi connectivity index (χ1) is 13.2. The topological polar surface area (TPSA) is 259 Å². The second-order valence-electron chi connectivity index (χ2n) is 5.20. The maximum absolute atomic E-state index is 11.8. The molecule has 0 aromatic rings. The van der Waals surface area contributed by atoms with Crippen molar-refractivity contribution < 1.29 is 73.7 Å². The molecule has 0 radical (unpaired) electrons. The van der Waals surface area contributed by atoms with Gasteiger partial charge in [0.15, 0.2) is 5.60 Å². The molecule has 0 bridgehead atoms. The number of aliphatic carboxylic acids is 5. The summed E-state index contributed by atoms with van der Waals surface area (Å²) in [7, 11) is 0. The van der Waals surface area contributed by atoms with Crippen LogP contribution in [0.4, 0.5) is 0 Å². The van der Waals surface area contributed by atoms with Crippen molar-refractivity contribution in [3.05, 3.63) is 12.2 Å². The molecular formula is C14H14O15. The van der Waals surface area contributed by atoms with Crippen molar-refractivity contribution in [2.75, 3.05) is 0 Å². The second kappa shape index (κ2) is 10.4. The predicted molar refractivity (Wildman–Crippen MR) is 81.3 cm³/mol. The van der Waals surface area contributed by atoms with Crippen molar-refractivity contribution in [1.82, 2.24) is 0 Å². The van der Waals surface area contributed by atoms with Crippen LogP contribution in [0.5, 0.6) is 0 Å². The first-order valence-electron chi connectivity index (χ1n) is 7.14. The molecule has 3 unspecified atom stereocenters. The highest BCUT2D eigenvalue weighted by molar-refractivity contribution is 5.94. The van der Waals surface area contributed by atoms with Crippen molar-refractivity contribution in [3.63, 3.8) is 0 Å². The number of carbonyl (C=O) groups excluding carboxylic acids is 2. The monoisotopic (exact) mass is 422 g/mol. The summed E-state index contributed by atoms with van der Waals surface area (Å²) in [6.07, 6.45) is -8.04. The summed E-state index contributed by atoms with van der Waals surface area (Å²) < 4.78 is 8.45. The van der Waals surface area contributed by atoms with E-state index in [1.54, 1.807) is 0 Å². The molecule has 29 heavy (non-hydrogen) atoms. The van der Waals surface area contributed by atoms with Gasteiger partial charge in [0.1, 0.15) is 0 Å². The van der Waals surface area contributed by atoms with Gasteiger partial charge >= 0.3 is 41.8 Å². The summed E-state index contributed by atoms with van der Waals surface area (Å²) in [4.78, 5) is 77.3. The summed E-state index contributed by atoms with van der Waals surface area (Å²) in [6, 6.07) is 0. The lowest BCUT2D eigenvalue weighted by Crippen LogP contribution is -2.48. The summed E-state index contributed by atoms with van der Waals surface area (Å²) in [6.45, 7) is 0. The molecule has 160 valence electrons. The zero-order valence-corrected chi connectivity index (χ0v) is 14.1. The molecule has 0 aliphatic rings. The van der Waals surface area contributed by atoms with E-state index in [1.807, 2.05) is 0 Å². The zero-order chi connectivity index (χ0) is 22.9. The van der Waals surface area contributed by atoms with Gasteiger partial charge in [-0.1, -0.05) is 0 Å². The van der Waals surface area contributed by atoms with Gasteiger partial charge in [0.2, 0.25) is 12.2 Å². The van der Waals surface area contributed by atoms with Gasteiger partial charge < -0.3 is 40.1 Å². The lowest BCUT2D eigenvalue weighted by atomic mass is 9.96.